The first-order valence-electron chi connectivity index (χ1n) is 3.05. The second-order valence-corrected chi connectivity index (χ2v) is 1.39. The Labute approximate surface area is 97.4 Å². The van der Waals surface area contributed by atoms with Crippen molar-refractivity contribution in [3.05, 3.63) is 0 Å². The van der Waals surface area contributed by atoms with Gasteiger partial charge in [-0.2, -0.15) is 0 Å². The van der Waals surface area contributed by atoms with Crippen molar-refractivity contribution in [1.82, 2.24) is 0 Å². The molecule has 0 amide bonds. The Kier molecular flexibility index (Phi) is 70.6. The summed E-state index contributed by atoms with van der Waals surface area (Å²) >= 11 is 0. The third kappa shape index (κ3) is 55.8. The molecule has 10 heavy (non-hydrogen) atoms. The monoisotopic (exact) mass is 258 g/mol. The zero-order valence-corrected chi connectivity index (χ0v) is 10.7. The molecule has 0 atom stereocenters. The van der Waals surface area contributed by atoms with E-state index in [1.54, 1.807) is 6.92 Å². The number of rotatable bonds is 2. The van der Waals surface area contributed by atoms with E-state index < -0.39 is 0 Å². The fourth-order valence-corrected chi connectivity index (χ4v) is 0.158. The second-order valence-electron chi connectivity index (χ2n) is 1.39. The largest absolute Gasteiger partial charge is 0.397 e. The summed E-state index contributed by atoms with van der Waals surface area (Å²) in [7, 11) is 0. The van der Waals surface area contributed by atoms with E-state index in [9.17, 15) is 0 Å². The summed E-state index contributed by atoms with van der Waals surface area (Å²) in [5.74, 6) is 0. The Morgan fingerprint density at radius 1 is 1.10 bits per heavy atom. The van der Waals surface area contributed by atoms with E-state index in [0.29, 0.717) is 6.61 Å². The standard InChI is InChI=1S/C4H10O.C2H6O.Ti.Zr/c1-2-3-4-5;1-2-3;;/h5H,2-4H2,1H3;3H,2H2,1H3;;. The maximum atomic E-state index is 8.07. The molecule has 0 saturated heterocycles. The van der Waals surface area contributed by atoms with E-state index in [4.69, 9.17) is 10.2 Å². The molecule has 0 rings (SSSR count). The van der Waals surface area contributed by atoms with Crippen LogP contribution in [0.25, 0.3) is 0 Å². The second kappa shape index (κ2) is 31.3. The molecule has 60 valence electrons. The van der Waals surface area contributed by atoms with Crippen molar-refractivity contribution < 1.29 is 58.1 Å². The van der Waals surface area contributed by atoms with Gasteiger partial charge in [-0.3, -0.25) is 0 Å². The van der Waals surface area contributed by atoms with Crippen LogP contribution in [-0.2, 0) is 47.9 Å². The molecule has 0 fully saturated rings. The van der Waals surface area contributed by atoms with Gasteiger partial charge in [0, 0.05) is 61.1 Å². The van der Waals surface area contributed by atoms with E-state index in [-0.39, 0.29) is 54.5 Å². The fraction of sp³-hybridized carbons (Fsp3) is 1.00. The van der Waals surface area contributed by atoms with E-state index in [1.807, 2.05) is 0 Å². The minimum atomic E-state index is 0. The summed E-state index contributed by atoms with van der Waals surface area (Å²) in [6.07, 6.45) is 2.04. The predicted octanol–water partition coefficient (Wildman–Crippen LogP) is 0.772. The van der Waals surface area contributed by atoms with Crippen molar-refractivity contribution in [3.63, 3.8) is 0 Å². The summed E-state index contributed by atoms with van der Waals surface area (Å²) in [6, 6.07) is 0. The Morgan fingerprint density at radius 2 is 1.40 bits per heavy atom. The van der Waals surface area contributed by atoms with Gasteiger partial charge in [0.2, 0.25) is 0 Å². The summed E-state index contributed by atoms with van der Waals surface area (Å²) in [5, 5.41) is 15.6. The van der Waals surface area contributed by atoms with Crippen LogP contribution in [0.15, 0.2) is 0 Å². The van der Waals surface area contributed by atoms with E-state index in [0.717, 1.165) is 12.8 Å². The first-order valence-corrected chi connectivity index (χ1v) is 3.05. The normalized spacial score (nSPS) is 6.00. The fourth-order valence-electron chi connectivity index (χ4n) is 0.158. The third-order valence-electron chi connectivity index (χ3n) is 0.512. The molecular formula is C6H16O2TiZr. The number of unbranched alkanes of at least 4 members (excludes halogenated alkanes) is 1. The molecule has 0 bridgehead atoms. The van der Waals surface area contributed by atoms with Crippen molar-refractivity contribution in [2.75, 3.05) is 13.2 Å². The molecule has 0 aliphatic carbocycles. The molecule has 0 heterocycles. The Bertz CT molecular complexity index is 29.7. The van der Waals surface area contributed by atoms with Crippen LogP contribution in [0, 0.1) is 0 Å². The molecule has 4 heteroatoms. The average molecular weight is 259 g/mol. The Balaban J connectivity index is -0.0000000326. The van der Waals surface area contributed by atoms with Crippen LogP contribution in [0.3, 0.4) is 0 Å². The minimum Gasteiger partial charge on any atom is -0.397 e. The maximum absolute atomic E-state index is 8.07. The zero-order chi connectivity index (χ0) is 6.83. The quantitative estimate of drug-likeness (QED) is 0.719. The van der Waals surface area contributed by atoms with Crippen molar-refractivity contribution in [1.29, 1.82) is 0 Å². The van der Waals surface area contributed by atoms with Gasteiger partial charge in [0.15, 0.2) is 0 Å². The van der Waals surface area contributed by atoms with Crippen molar-refractivity contribution >= 4 is 0 Å². The van der Waals surface area contributed by atoms with Crippen LogP contribution in [0.2, 0.25) is 0 Å². The van der Waals surface area contributed by atoms with Gasteiger partial charge in [-0.1, -0.05) is 13.3 Å². The maximum Gasteiger partial charge on any atom is 0.0430 e. The van der Waals surface area contributed by atoms with E-state index >= 15 is 0 Å². The first kappa shape index (κ1) is 22.5. The van der Waals surface area contributed by atoms with Gasteiger partial charge in [0.05, 0.1) is 0 Å². The zero-order valence-electron chi connectivity index (χ0n) is 6.72. The number of aliphatic hydroxyl groups is 2. The number of aliphatic hydroxyl groups excluding tert-OH is 2. The van der Waals surface area contributed by atoms with Crippen LogP contribution in [-0.4, -0.2) is 23.4 Å². The topological polar surface area (TPSA) is 40.5 Å². The average Bonchev–Trinajstić information content (AvgIpc) is 1.71. The van der Waals surface area contributed by atoms with E-state index in [1.165, 1.54) is 0 Å². The number of hydrogen-bond donors (Lipinski definition) is 2. The molecule has 2 nitrogen and oxygen atoms in total. The Hall–Kier alpha value is 1.52. The molecule has 0 aliphatic heterocycles. The van der Waals surface area contributed by atoms with Gasteiger partial charge in [-0.25, -0.2) is 0 Å². The molecule has 0 spiro atoms. The number of hydrogen-bond acceptors (Lipinski definition) is 2. The minimum absolute atomic E-state index is 0. The van der Waals surface area contributed by atoms with Gasteiger partial charge < -0.3 is 10.2 Å². The SMILES string of the molecule is CCCCO.CCO.[Ti].[Zr]. The molecule has 2 N–H and O–H groups in total. The molecule has 0 aromatic heterocycles. The molecule has 0 aliphatic rings. The van der Waals surface area contributed by atoms with Gasteiger partial charge in [-0.05, 0) is 13.3 Å². The molecular weight excluding hydrogens is 243 g/mol. The molecule has 0 unspecified atom stereocenters. The summed E-state index contributed by atoms with van der Waals surface area (Å²) in [6.45, 7) is 4.33. The van der Waals surface area contributed by atoms with Crippen LogP contribution in [0.1, 0.15) is 26.7 Å². The van der Waals surface area contributed by atoms with Gasteiger partial charge in [-0.15, -0.1) is 0 Å². The smallest absolute Gasteiger partial charge is 0.0430 e. The molecule has 0 aromatic rings. The molecule has 0 saturated carbocycles. The van der Waals surface area contributed by atoms with Crippen molar-refractivity contribution in [2.24, 2.45) is 0 Å². The summed E-state index contributed by atoms with van der Waals surface area (Å²) in [5.41, 5.74) is 0. The van der Waals surface area contributed by atoms with Crippen molar-refractivity contribution in [3.8, 4) is 0 Å². The summed E-state index contributed by atoms with van der Waals surface area (Å²) in [4.78, 5) is 0. The van der Waals surface area contributed by atoms with Crippen molar-refractivity contribution in [2.45, 2.75) is 26.7 Å². The van der Waals surface area contributed by atoms with E-state index in [2.05, 4.69) is 6.92 Å². The first-order chi connectivity index (χ1) is 3.83. The van der Waals surface area contributed by atoms with Gasteiger partial charge >= 0.3 is 0 Å². The van der Waals surface area contributed by atoms with Gasteiger partial charge in [0.1, 0.15) is 0 Å². The van der Waals surface area contributed by atoms with Crippen LogP contribution < -0.4 is 0 Å². The summed E-state index contributed by atoms with van der Waals surface area (Å²) < 4.78 is 0. The predicted molar refractivity (Wildman–Crippen MR) is 34.8 cm³/mol. The molecule has 0 aromatic carbocycles. The van der Waals surface area contributed by atoms with Crippen LogP contribution in [0.5, 0.6) is 0 Å². The van der Waals surface area contributed by atoms with Crippen LogP contribution in [0.4, 0.5) is 0 Å². The third-order valence-corrected chi connectivity index (χ3v) is 0.512. The van der Waals surface area contributed by atoms with Crippen LogP contribution >= 0.6 is 0 Å². The molecule has 0 radical (unpaired) electrons. The Morgan fingerprint density at radius 3 is 1.40 bits per heavy atom. The van der Waals surface area contributed by atoms with Gasteiger partial charge in [0.25, 0.3) is 0 Å².